The van der Waals surface area contributed by atoms with Crippen LogP contribution in [0.5, 0.6) is 0 Å². The minimum Gasteiger partial charge on any atom is -0.0776 e. The van der Waals surface area contributed by atoms with E-state index in [-0.39, 0.29) is 29.7 Å². The summed E-state index contributed by atoms with van der Waals surface area (Å²) >= 11 is 0. The lowest BCUT2D eigenvalue weighted by Crippen LogP contribution is -2.13. The first kappa shape index (κ1) is 42.9. The molecule has 0 aromatic rings. The molecule has 0 unspecified atom stereocenters. The Balaban J connectivity index is -0.0000000315. The minimum absolute atomic E-state index is 0. The summed E-state index contributed by atoms with van der Waals surface area (Å²) in [6.45, 7) is 16.9. The summed E-state index contributed by atoms with van der Waals surface area (Å²) in [6, 6.07) is 0. The van der Waals surface area contributed by atoms with Gasteiger partial charge in [0, 0.05) is 0 Å². The van der Waals surface area contributed by atoms with Crippen molar-refractivity contribution in [1.82, 2.24) is 0 Å². The maximum Gasteiger partial charge on any atom is -0.0300 e. The Kier molecular flexibility index (Phi) is 75.2. The summed E-state index contributed by atoms with van der Waals surface area (Å²) in [5, 5.41) is 0. The molecule has 0 atom stereocenters. The van der Waals surface area contributed by atoms with Gasteiger partial charge in [0.2, 0.25) is 0 Å². The van der Waals surface area contributed by atoms with Gasteiger partial charge in [-0.25, -0.2) is 0 Å². The highest BCUT2D eigenvalue weighted by molar-refractivity contribution is 4.82. The molecule has 21 heavy (non-hydrogen) atoms. The molecular weight excluding hydrogens is 252 g/mol. The third-order valence-corrected chi connectivity index (χ3v) is 3.19. The monoisotopic (exact) mass is 308 g/mol. The van der Waals surface area contributed by atoms with E-state index in [0.717, 1.165) is 5.41 Å². The molecule has 0 heterocycles. The molecule has 0 amide bonds. The summed E-state index contributed by atoms with van der Waals surface area (Å²) in [4.78, 5) is 0. The molecule has 0 heteroatoms. The second-order valence-electron chi connectivity index (χ2n) is 4.52. The third-order valence-electron chi connectivity index (χ3n) is 3.19. The van der Waals surface area contributed by atoms with Crippen molar-refractivity contribution in [2.75, 3.05) is 0 Å². The molecule has 1 aliphatic rings. The average molecular weight is 309 g/mol. The average Bonchev–Trinajstić information content (AvgIpc) is 2.85. The first-order valence-electron chi connectivity index (χ1n) is 8.24. The normalized spacial score (nSPS) is 12.6. The fourth-order valence-electron chi connectivity index (χ4n) is 2.44. The van der Waals surface area contributed by atoms with E-state index in [9.17, 15) is 0 Å². The number of hydrogen-bond acceptors (Lipinski definition) is 0. The highest BCUT2D eigenvalue weighted by atomic mass is 14.4. The first-order valence-corrected chi connectivity index (χ1v) is 8.24. The Hall–Kier alpha value is 0. The molecule has 0 aromatic heterocycles. The van der Waals surface area contributed by atoms with E-state index >= 15 is 0 Å². The zero-order valence-electron chi connectivity index (χ0n) is 14.2. The Morgan fingerprint density at radius 3 is 1.14 bits per heavy atom. The SMILES string of the molecule is C.C.C.C.CC.CC.CCC.CCCC1(CC)CCCC1. The molecule has 1 fully saturated rings. The highest BCUT2D eigenvalue weighted by Gasteiger charge is 2.30. The van der Waals surface area contributed by atoms with Crippen molar-refractivity contribution >= 4 is 0 Å². The first-order chi connectivity index (χ1) is 8.24. The van der Waals surface area contributed by atoms with Crippen LogP contribution in [-0.4, -0.2) is 0 Å². The van der Waals surface area contributed by atoms with Crippen LogP contribution in [0.15, 0.2) is 0 Å². The smallest absolute Gasteiger partial charge is 0.0300 e. The molecule has 0 saturated heterocycles. The Labute approximate surface area is 142 Å². The van der Waals surface area contributed by atoms with Crippen molar-refractivity contribution in [2.24, 2.45) is 5.41 Å². The summed E-state index contributed by atoms with van der Waals surface area (Å²) in [7, 11) is 0. The predicted octanol–water partition coefficient (Wildman–Crippen LogP) is 9.77. The van der Waals surface area contributed by atoms with E-state index in [1.807, 2.05) is 27.7 Å². The summed E-state index contributed by atoms with van der Waals surface area (Å²) in [6.07, 6.45) is 11.5. The summed E-state index contributed by atoms with van der Waals surface area (Å²) < 4.78 is 0. The second kappa shape index (κ2) is 36.8. The van der Waals surface area contributed by atoms with Gasteiger partial charge in [-0.1, -0.05) is 117 Å². The van der Waals surface area contributed by atoms with Crippen LogP contribution < -0.4 is 0 Å². The van der Waals surface area contributed by atoms with E-state index in [4.69, 9.17) is 0 Å². The molecule has 140 valence electrons. The molecule has 0 aliphatic heterocycles. The molecule has 0 nitrogen and oxygen atoms in total. The lowest BCUT2D eigenvalue weighted by molar-refractivity contribution is 0.257. The molecule has 1 rings (SSSR count). The maximum absolute atomic E-state index is 2.36. The van der Waals surface area contributed by atoms with Gasteiger partial charge in [-0.2, -0.15) is 0 Å². The molecule has 0 aromatic carbocycles. The van der Waals surface area contributed by atoms with Crippen LogP contribution in [0, 0.1) is 5.41 Å². The number of hydrogen-bond donors (Lipinski definition) is 0. The van der Waals surface area contributed by atoms with Crippen LogP contribution in [-0.2, 0) is 0 Å². The van der Waals surface area contributed by atoms with Gasteiger partial charge in [0.25, 0.3) is 0 Å². The van der Waals surface area contributed by atoms with Gasteiger partial charge >= 0.3 is 0 Å². The standard InChI is InChI=1S/C10H20.C3H8.2C2H6.4CH4/c1-3-7-10(4-2)8-5-6-9-10;1-3-2;2*1-2;;;;/h3-9H2,1-2H3;3H2,1-2H3;2*1-2H3;4*1H4. The van der Waals surface area contributed by atoms with Crippen LogP contribution in [0.4, 0.5) is 0 Å². The molecule has 0 bridgehead atoms. The van der Waals surface area contributed by atoms with Gasteiger partial charge in [0.1, 0.15) is 0 Å². The van der Waals surface area contributed by atoms with Gasteiger partial charge in [-0.05, 0) is 24.7 Å². The molecule has 0 spiro atoms. The molecule has 0 radical (unpaired) electrons. The van der Waals surface area contributed by atoms with Gasteiger partial charge < -0.3 is 0 Å². The zero-order chi connectivity index (χ0) is 14.2. The second-order valence-corrected chi connectivity index (χ2v) is 4.52. The number of rotatable bonds is 3. The molecule has 0 N–H and O–H groups in total. The molecule has 1 aliphatic carbocycles. The summed E-state index contributed by atoms with van der Waals surface area (Å²) in [5.41, 5.74) is 0.786. The third kappa shape index (κ3) is 25.3. The quantitative estimate of drug-likeness (QED) is 0.486. The Morgan fingerprint density at radius 1 is 0.667 bits per heavy atom. The van der Waals surface area contributed by atoms with E-state index in [1.165, 1.54) is 51.4 Å². The van der Waals surface area contributed by atoms with Crippen molar-refractivity contribution in [2.45, 2.75) is 136 Å². The lowest BCUT2D eigenvalue weighted by Gasteiger charge is -2.26. The lowest BCUT2D eigenvalue weighted by atomic mass is 9.79. The fraction of sp³-hybridized carbons (Fsp3) is 1.00. The van der Waals surface area contributed by atoms with Crippen molar-refractivity contribution in [3.63, 3.8) is 0 Å². The van der Waals surface area contributed by atoms with Gasteiger partial charge in [-0.15, -0.1) is 0 Å². The van der Waals surface area contributed by atoms with Crippen LogP contribution in [0.3, 0.4) is 0 Å². The van der Waals surface area contributed by atoms with Crippen LogP contribution in [0.2, 0.25) is 0 Å². The zero-order valence-corrected chi connectivity index (χ0v) is 14.2. The fourth-order valence-corrected chi connectivity index (χ4v) is 2.44. The van der Waals surface area contributed by atoms with Crippen molar-refractivity contribution < 1.29 is 0 Å². The Bertz CT molecular complexity index is 98.6. The van der Waals surface area contributed by atoms with Crippen molar-refractivity contribution in [3.05, 3.63) is 0 Å². The predicted molar refractivity (Wildman–Crippen MR) is 112 cm³/mol. The largest absolute Gasteiger partial charge is 0.0776 e. The van der Waals surface area contributed by atoms with E-state index < -0.39 is 0 Å². The van der Waals surface area contributed by atoms with Crippen LogP contribution in [0.25, 0.3) is 0 Å². The molecule has 1 saturated carbocycles. The highest BCUT2D eigenvalue weighted by Crippen LogP contribution is 2.44. The van der Waals surface area contributed by atoms with Crippen molar-refractivity contribution in [3.8, 4) is 0 Å². The van der Waals surface area contributed by atoms with E-state index in [1.54, 1.807) is 0 Å². The van der Waals surface area contributed by atoms with Crippen LogP contribution in [0.1, 0.15) is 136 Å². The van der Waals surface area contributed by atoms with Crippen LogP contribution >= 0.6 is 0 Å². The van der Waals surface area contributed by atoms with Gasteiger partial charge in [0.05, 0.1) is 0 Å². The van der Waals surface area contributed by atoms with E-state index in [0.29, 0.717) is 0 Å². The maximum atomic E-state index is 2.36. The summed E-state index contributed by atoms with van der Waals surface area (Å²) in [5.74, 6) is 0. The van der Waals surface area contributed by atoms with Gasteiger partial charge in [0.15, 0.2) is 0 Å². The van der Waals surface area contributed by atoms with Gasteiger partial charge in [-0.3, -0.25) is 0 Å². The van der Waals surface area contributed by atoms with Crippen molar-refractivity contribution in [1.29, 1.82) is 0 Å². The Morgan fingerprint density at radius 2 is 0.952 bits per heavy atom. The minimum atomic E-state index is 0. The topological polar surface area (TPSA) is 0 Å². The molecular formula is C21H56. The van der Waals surface area contributed by atoms with E-state index in [2.05, 4.69) is 27.7 Å².